The summed E-state index contributed by atoms with van der Waals surface area (Å²) >= 11 is 0. The number of nitrogens with zero attached hydrogens (tertiary/aromatic N) is 4. The molecule has 0 bridgehead atoms. The molecular weight excluding hydrogens is 324 g/mol. The summed E-state index contributed by atoms with van der Waals surface area (Å²) in [5.74, 6) is 1.59. The van der Waals surface area contributed by atoms with Gasteiger partial charge in [-0.05, 0) is 43.2 Å². The number of pyridine rings is 1. The minimum Gasteiger partial charge on any atom is -0.357 e. The largest absolute Gasteiger partial charge is 0.357 e. The lowest BCUT2D eigenvalue weighted by Crippen LogP contribution is -2.36. The zero-order chi connectivity index (χ0) is 18.2. The third-order valence-corrected chi connectivity index (χ3v) is 3.89. The van der Waals surface area contributed by atoms with Gasteiger partial charge in [0.2, 0.25) is 0 Å². The van der Waals surface area contributed by atoms with E-state index in [2.05, 4.69) is 63.8 Å². The molecule has 2 heterocycles. The summed E-state index contributed by atoms with van der Waals surface area (Å²) in [7, 11) is 0. The number of aromatic nitrogens is 3. The summed E-state index contributed by atoms with van der Waals surface area (Å²) in [6.45, 7) is 6.27. The van der Waals surface area contributed by atoms with E-state index in [0.717, 1.165) is 30.4 Å². The summed E-state index contributed by atoms with van der Waals surface area (Å²) < 4.78 is 1.74. The molecule has 3 rings (SSSR count). The van der Waals surface area contributed by atoms with Crippen molar-refractivity contribution in [2.45, 2.75) is 26.9 Å². The molecule has 1 aromatic carbocycles. The van der Waals surface area contributed by atoms with Gasteiger partial charge in [-0.1, -0.05) is 29.8 Å². The molecule has 2 aromatic heterocycles. The van der Waals surface area contributed by atoms with Crippen molar-refractivity contribution in [2.24, 2.45) is 4.99 Å². The van der Waals surface area contributed by atoms with Crippen molar-refractivity contribution in [1.82, 2.24) is 25.4 Å². The standard InChI is InChI=1S/C20H24N6/c1-3-21-20(23-14-17-7-5-16(2)6-8-17)24-15-18-9-11-22-19(13-18)26-12-4-10-25-26/h4-13H,3,14-15H2,1-2H3,(H2,21,23,24). The van der Waals surface area contributed by atoms with Gasteiger partial charge in [-0.3, -0.25) is 0 Å². The first-order valence-electron chi connectivity index (χ1n) is 8.77. The first-order valence-corrected chi connectivity index (χ1v) is 8.77. The van der Waals surface area contributed by atoms with Gasteiger partial charge < -0.3 is 10.6 Å². The van der Waals surface area contributed by atoms with E-state index in [9.17, 15) is 0 Å². The zero-order valence-electron chi connectivity index (χ0n) is 15.2. The Balaban J connectivity index is 1.65. The van der Waals surface area contributed by atoms with Gasteiger partial charge >= 0.3 is 0 Å². The first kappa shape index (κ1) is 17.7. The van der Waals surface area contributed by atoms with Crippen molar-refractivity contribution in [3.8, 4) is 5.82 Å². The highest BCUT2D eigenvalue weighted by Gasteiger charge is 2.02. The van der Waals surface area contributed by atoms with Crippen LogP contribution in [-0.2, 0) is 13.1 Å². The monoisotopic (exact) mass is 348 g/mol. The summed E-state index contributed by atoms with van der Waals surface area (Å²) in [6.07, 6.45) is 5.40. The molecule has 26 heavy (non-hydrogen) atoms. The van der Waals surface area contributed by atoms with E-state index in [-0.39, 0.29) is 0 Å². The predicted molar refractivity (Wildman–Crippen MR) is 104 cm³/mol. The zero-order valence-corrected chi connectivity index (χ0v) is 15.2. The van der Waals surface area contributed by atoms with Crippen molar-refractivity contribution < 1.29 is 0 Å². The molecule has 134 valence electrons. The lowest BCUT2D eigenvalue weighted by atomic mass is 10.1. The Labute approximate surface area is 154 Å². The second-order valence-electron chi connectivity index (χ2n) is 6.01. The number of rotatable bonds is 6. The lowest BCUT2D eigenvalue weighted by molar-refractivity contribution is 0.812. The molecule has 0 aliphatic carbocycles. The lowest BCUT2D eigenvalue weighted by Gasteiger charge is -2.12. The minimum absolute atomic E-state index is 0.569. The molecule has 0 spiro atoms. The van der Waals surface area contributed by atoms with Crippen molar-refractivity contribution in [3.05, 3.63) is 77.7 Å². The van der Waals surface area contributed by atoms with Crippen LogP contribution in [-0.4, -0.2) is 27.3 Å². The van der Waals surface area contributed by atoms with E-state index >= 15 is 0 Å². The molecule has 0 fully saturated rings. The first-order chi connectivity index (χ1) is 12.7. The Morgan fingerprint density at radius 3 is 2.65 bits per heavy atom. The number of nitrogens with one attached hydrogen (secondary N) is 2. The average molecular weight is 348 g/mol. The number of hydrogen-bond donors (Lipinski definition) is 2. The maximum Gasteiger partial charge on any atom is 0.191 e. The van der Waals surface area contributed by atoms with Gasteiger partial charge in [-0.15, -0.1) is 0 Å². The number of guanidine groups is 1. The summed E-state index contributed by atoms with van der Waals surface area (Å²) in [5, 5.41) is 10.9. The van der Waals surface area contributed by atoms with E-state index in [4.69, 9.17) is 0 Å². The second kappa shape index (κ2) is 8.80. The van der Waals surface area contributed by atoms with Crippen LogP contribution in [0.15, 0.2) is 66.0 Å². The van der Waals surface area contributed by atoms with Crippen molar-refractivity contribution >= 4 is 5.96 Å². The molecule has 0 atom stereocenters. The van der Waals surface area contributed by atoms with Gasteiger partial charge in [-0.2, -0.15) is 5.10 Å². The quantitative estimate of drug-likeness (QED) is 0.531. The third-order valence-electron chi connectivity index (χ3n) is 3.89. The van der Waals surface area contributed by atoms with E-state index < -0.39 is 0 Å². The summed E-state index contributed by atoms with van der Waals surface area (Å²) in [6, 6.07) is 14.4. The molecule has 0 radical (unpaired) electrons. The van der Waals surface area contributed by atoms with Crippen LogP contribution in [0, 0.1) is 6.92 Å². The molecule has 0 amide bonds. The fourth-order valence-electron chi connectivity index (χ4n) is 2.49. The molecule has 6 nitrogen and oxygen atoms in total. The van der Waals surface area contributed by atoms with Gasteiger partial charge in [0.1, 0.15) is 0 Å². The van der Waals surface area contributed by atoms with Gasteiger partial charge in [0.25, 0.3) is 0 Å². The maximum atomic E-state index is 4.68. The van der Waals surface area contributed by atoms with Crippen LogP contribution in [0.2, 0.25) is 0 Å². The Kier molecular flexibility index (Phi) is 5.98. The topological polar surface area (TPSA) is 67.1 Å². The molecule has 0 saturated heterocycles. The number of aliphatic imine (C=N–C) groups is 1. The molecule has 0 unspecified atom stereocenters. The van der Waals surface area contributed by atoms with E-state index in [0.29, 0.717) is 6.54 Å². The van der Waals surface area contributed by atoms with E-state index in [1.54, 1.807) is 17.1 Å². The minimum atomic E-state index is 0.569. The Morgan fingerprint density at radius 1 is 1.08 bits per heavy atom. The number of hydrogen-bond acceptors (Lipinski definition) is 3. The van der Waals surface area contributed by atoms with Crippen LogP contribution >= 0.6 is 0 Å². The fourth-order valence-corrected chi connectivity index (χ4v) is 2.49. The molecule has 0 aliphatic rings. The van der Waals surface area contributed by atoms with Crippen LogP contribution in [0.5, 0.6) is 0 Å². The highest BCUT2D eigenvalue weighted by Crippen LogP contribution is 2.07. The molecule has 0 aliphatic heterocycles. The SMILES string of the molecule is CCNC(=NCc1ccnc(-n2cccn2)c1)NCc1ccc(C)cc1. The predicted octanol–water partition coefficient (Wildman–Crippen LogP) is 2.83. The van der Waals surface area contributed by atoms with Gasteiger partial charge in [0.05, 0.1) is 6.54 Å². The number of aryl methyl sites for hydroxylation is 1. The van der Waals surface area contributed by atoms with Crippen molar-refractivity contribution in [2.75, 3.05) is 6.54 Å². The normalized spacial score (nSPS) is 11.4. The van der Waals surface area contributed by atoms with E-state index in [1.165, 1.54) is 11.1 Å². The fraction of sp³-hybridized carbons (Fsp3) is 0.250. The molecular formula is C20H24N6. The highest BCUT2D eigenvalue weighted by atomic mass is 15.3. The second-order valence-corrected chi connectivity index (χ2v) is 6.01. The molecule has 6 heteroatoms. The highest BCUT2D eigenvalue weighted by molar-refractivity contribution is 5.79. The summed E-state index contributed by atoms with van der Waals surface area (Å²) in [4.78, 5) is 9.02. The van der Waals surface area contributed by atoms with Crippen LogP contribution in [0.4, 0.5) is 0 Å². The average Bonchev–Trinajstić information content (AvgIpc) is 3.20. The van der Waals surface area contributed by atoms with Crippen LogP contribution < -0.4 is 10.6 Å². The molecule has 2 N–H and O–H groups in total. The van der Waals surface area contributed by atoms with Gasteiger partial charge in [0, 0.05) is 31.7 Å². The maximum absolute atomic E-state index is 4.68. The van der Waals surface area contributed by atoms with Gasteiger partial charge in [-0.25, -0.2) is 14.7 Å². The Morgan fingerprint density at radius 2 is 1.92 bits per heavy atom. The molecule has 0 saturated carbocycles. The van der Waals surface area contributed by atoms with Gasteiger partial charge in [0.15, 0.2) is 11.8 Å². The van der Waals surface area contributed by atoms with Crippen molar-refractivity contribution in [1.29, 1.82) is 0 Å². The smallest absolute Gasteiger partial charge is 0.191 e. The Hall–Kier alpha value is -3.15. The van der Waals surface area contributed by atoms with Crippen LogP contribution in [0.3, 0.4) is 0 Å². The number of benzene rings is 1. The van der Waals surface area contributed by atoms with Crippen molar-refractivity contribution in [3.63, 3.8) is 0 Å². The van der Waals surface area contributed by atoms with Crippen LogP contribution in [0.25, 0.3) is 5.82 Å². The molecule has 3 aromatic rings. The summed E-state index contributed by atoms with van der Waals surface area (Å²) in [5.41, 5.74) is 3.57. The third kappa shape index (κ3) is 4.92. The van der Waals surface area contributed by atoms with E-state index in [1.807, 2.05) is 24.4 Å². The van der Waals surface area contributed by atoms with Crippen LogP contribution in [0.1, 0.15) is 23.6 Å². The Bertz CT molecular complexity index is 837.